The number of methoxy groups -OCH3 is 1. The number of amides is 1. The number of benzene rings is 1. The lowest BCUT2D eigenvalue weighted by molar-refractivity contribution is -0.119. The summed E-state index contributed by atoms with van der Waals surface area (Å²) in [7, 11) is 1.74. The summed E-state index contributed by atoms with van der Waals surface area (Å²) in [5.74, 6) is -0.0808. The van der Waals surface area contributed by atoms with Gasteiger partial charge in [-0.3, -0.25) is 14.2 Å². The van der Waals surface area contributed by atoms with Crippen LogP contribution < -0.4 is 16.2 Å². The highest BCUT2D eigenvalue weighted by molar-refractivity contribution is 9.10. The minimum atomic E-state index is -0.150. The van der Waals surface area contributed by atoms with Crippen molar-refractivity contribution in [1.82, 2.24) is 20.2 Å². The monoisotopic (exact) mass is 524 g/mol. The Hall–Kier alpha value is -1.74. The SMILES string of the molecule is CCC(C=C(C[C@@H]1NCCC[C@H]1OC)Cn1cnc2cc(Br)c(Cl)cc2c1=O)NC(C)=O. The van der Waals surface area contributed by atoms with Gasteiger partial charge in [0.25, 0.3) is 5.56 Å². The molecule has 0 aliphatic carbocycles. The molecule has 1 fully saturated rings. The number of nitrogens with zero attached hydrogens (tertiary/aromatic N) is 2. The average Bonchev–Trinajstić information content (AvgIpc) is 2.76. The summed E-state index contributed by atoms with van der Waals surface area (Å²) in [6, 6.07) is 3.43. The molecule has 3 rings (SSSR count). The van der Waals surface area contributed by atoms with Crippen LogP contribution in [0.2, 0.25) is 5.02 Å². The lowest BCUT2D eigenvalue weighted by Crippen LogP contribution is -2.46. The van der Waals surface area contributed by atoms with Crippen LogP contribution in [0.25, 0.3) is 10.9 Å². The maximum Gasteiger partial charge on any atom is 0.261 e. The van der Waals surface area contributed by atoms with E-state index < -0.39 is 0 Å². The van der Waals surface area contributed by atoms with Gasteiger partial charge in [0.1, 0.15) is 0 Å². The highest BCUT2D eigenvalue weighted by atomic mass is 79.9. The molecule has 2 aromatic rings. The number of ether oxygens (including phenoxy) is 1. The summed E-state index contributed by atoms with van der Waals surface area (Å²) in [5.41, 5.74) is 1.48. The minimum absolute atomic E-state index is 0.0808. The van der Waals surface area contributed by atoms with E-state index in [2.05, 4.69) is 37.6 Å². The first-order chi connectivity index (χ1) is 15.3. The fraction of sp³-hybridized carbons (Fsp3) is 0.522. The number of piperidine rings is 1. The molecule has 3 atom stereocenters. The van der Waals surface area contributed by atoms with Crippen LogP contribution in [0.4, 0.5) is 0 Å². The maximum atomic E-state index is 13.2. The summed E-state index contributed by atoms with van der Waals surface area (Å²) in [6.45, 7) is 4.85. The van der Waals surface area contributed by atoms with Crippen LogP contribution in [0.1, 0.15) is 39.5 Å². The second-order valence-corrected chi connectivity index (χ2v) is 9.44. The predicted molar refractivity (Wildman–Crippen MR) is 131 cm³/mol. The van der Waals surface area contributed by atoms with E-state index in [1.165, 1.54) is 6.92 Å². The van der Waals surface area contributed by atoms with E-state index >= 15 is 0 Å². The molecule has 0 saturated carbocycles. The molecular weight excluding hydrogens is 496 g/mol. The molecule has 0 spiro atoms. The lowest BCUT2D eigenvalue weighted by atomic mass is 9.93. The van der Waals surface area contributed by atoms with Crippen molar-refractivity contribution < 1.29 is 9.53 Å². The van der Waals surface area contributed by atoms with Crippen molar-refractivity contribution in [3.05, 3.63) is 50.0 Å². The van der Waals surface area contributed by atoms with Crippen LogP contribution in [0.15, 0.2) is 39.4 Å². The highest BCUT2D eigenvalue weighted by Gasteiger charge is 2.26. The Bertz CT molecular complexity index is 1060. The largest absolute Gasteiger partial charge is 0.380 e. The number of hydrogen-bond acceptors (Lipinski definition) is 5. The van der Waals surface area contributed by atoms with Gasteiger partial charge in [0.2, 0.25) is 5.91 Å². The Morgan fingerprint density at radius 1 is 1.50 bits per heavy atom. The number of halogens is 2. The molecule has 7 nitrogen and oxygen atoms in total. The molecule has 1 aliphatic rings. The molecule has 0 radical (unpaired) electrons. The fourth-order valence-corrected chi connectivity index (χ4v) is 4.66. The second-order valence-electron chi connectivity index (χ2n) is 8.18. The van der Waals surface area contributed by atoms with Gasteiger partial charge >= 0.3 is 0 Å². The number of carbonyl (C=O) groups is 1. The first-order valence-corrected chi connectivity index (χ1v) is 12.1. The van der Waals surface area contributed by atoms with Crippen molar-refractivity contribution in [1.29, 1.82) is 0 Å². The Morgan fingerprint density at radius 3 is 2.97 bits per heavy atom. The fourth-order valence-electron chi connectivity index (χ4n) is 4.17. The molecule has 1 aromatic carbocycles. The van der Waals surface area contributed by atoms with Gasteiger partial charge in [-0.25, -0.2) is 4.98 Å². The van der Waals surface area contributed by atoms with Crippen LogP contribution in [0.5, 0.6) is 0 Å². The summed E-state index contributed by atoms with van der Waals surface area (Å²) in [5, 5.41) is 7.46. The van der Waals surface area contributed by atoms with Gasteiger partial charge in [-0.05, 0) is 60.3 Å². The number of hydrogen-bond donors (Lipinski definition) is 2. The molecule has 2 N–H and O–H groups in total. The number of carbonyl (C=O) groups excluding carboxylic acids is 1. The maximum absolute atomic E-state index is 13.2. The van der Waals surface area contributed by atoms with E-state index in [4.69, 9.17) is 16.3 Å². The molecule has 1 aromatic heterocycles. The first-order valence-electron chi connectivity index (χ1n) is 10.9. The summed E-state index contributed by atoms with van der Waals surface area (Å²) < 4.78 is 8.00. The van der Waals surface area contributed by atoms with E-state index in [-0.39, 0.29) is 29.7 Å². The van der Waals surface area contributed by atoms with Crippen molar-refractivity contribution in [2.24, 2.45) is 0 Å². The van der Waals surface area contributed by atoms with Gasteiger partial charge in [-0.1, -0.05) is 30.2 Å². The molecule has 0 bridgehead atoms. The normalized spacial score (nSPS) is 20.3. The van der Waals surface area contributed by atoms with E-state index in [0.29, 0.717) is 33.4 Å². The van der Waals surface area contributed by atoms with Gasteiger partial charge in [0.05, 0.1) is 28.4 Å². The topological polar surface area (TPSA) is 85.2 Å². The number of nitrogens with one attached hydrogen (secondary N) is 2. The predicted octanol–water partition coefficient (Wildman–Crippen LogP) is 3.81. The Balaban J connectivity index is 1.95. The van der Waals surface area contributed by atoms with Gasteiger partial charge < -0.3 is 15.4 Å². The van der Waals surface area contributed by atoms with Crippen molar-refractivity contribution in [3.63, 3.8) is 0 Å². The van der Waals surface area contributed by atoms with E-state index in [1.54, 1.807) is 30.1 Å². The summed E-state index contributed by atoms with van der Waals surface area (Å²) >= 11 is 9.60. The minimum Gasteiger partial charge on any atom is -0.380 e. The standard InChI is InChI=1S/C23H30BrClN4O3/c1-4-16(28-14(2)30)8-15(9-21-22(32-3)6-5-7-26-21)12-29-13-27-20-11-18(24)19(25)10-17(20)23(29)31/h8,10-11,13,16,21-22,26H,4-7,9,12H2,1-3H3,(H,28,30)/t16?,21-,22+/m0/s1. The molecule has 174 valence electrons. The average molecular weight is 526 g/mol. The van der Waals surface area contributed by atoms with Crippen molar-refractivity contribution in [2.75, 3.05) is 13.7 Å². The third-order valence-corrected chi connectivity index (χ3v) is 7.01. The van der Waals surface area contributed by atoms with Gasteiger partial charge in [-0.2, -0.15) is 0 Å². The molecular formula is C23H30BrClN4O3. The lowest BCUT2D eigenvalue weighted by Gasteiger charge is -2.32. The number of aromatic nitrogens is 2. The third-order valence-electron chi connectivity index (χ3n) is 5.81. The second kappa shape index (κ2) is 11.4. The van der Waals surface area contributed by atoms with Crippen molar-refractivity contribution in [2.45, 2.75) is 64.3 Å². The molecule has 1 unspecified atom stereocenters. The quantitative estimate of drug-likeness (QED) is 0.512. The molecule has 32 heavy (non-hydrogen) atoms. The van der Waals surface area contributed by atoms with Gasteiger partial charge in [0.15, 0.2) is 0 Å². The number of rotatable bonds is 8. The van der Waals surface area contributed by atoms with Crippen LogP contribution in [-0.2, 0) is 16.1 Å². The van der Waals surface area contributed by atoms with Gasteiger partial charge in [0, 0.05) is 37.1 Å². The molecule has 9 heteroatoms. The summed E-state index contributed by atoms with van der Waals surface area (Å²) in [4.78, 5) is 29.3. The molecule has 1 saturated heterocycles. The van der Waals surface area contributed by atoms with Crippen molar-refractivity contribution >= 4 is 44.3 Å². The zero-order valence-corrected chi connectivity index (χ0v) is 21.0. The van der Waals surface area contributed by atoms with E-state index in [0.717, 1.165) is 31.4 Å². The smallest absolute Gasteiger partial charge is 0.261 e. The molecule has 1 aliphatic heterocycles. The summed E-state index contributed by atoms with van der Waals surface area (Å²) in [6.07, 6.45) is 7.27. The Morgan fingerprint density at radius 2 is 2.28 bits per heavy atom. The highest BCUT2D eigenvalue weighted by Crippen LogP contribution is 2.26. The van der Waals surface area contributed by atoms with E-state index in [1.807, 2.05) is 6.92 Å². The molecule has 2 heterocycles. The first kappa shape index (κ1) is 24.9. The third kappa shape index (κ3) is 6.19. The van der Waals surface area contributed by atoms with Crippen LogP contribution in [0, 0.1) is 0 Å². The Kier molecular flexibility index (Phi) is 8.87. The van der Waals surface area contributed by atoms with Crippen LogP contribution >= 0.6 is 27.5 Å². The number of fused-ring (bicyclic) bond motifs is 1. The van der Waals surface area contributed by atoms with Gasteiger partial charge in [-0.15, -0.1) is 0 Å². The van der Waals surface area contributed by atoms with E-state index in [9.17, 15) is 9.59 Å². The zero-order valence-electron chi connectivity index (χ0n) is 18.7. The van der Waals surface area contributed by atoms with Crippen LogP contribution in [0.3, 0.4) is 0 Å². The zero-order chi connectivity index (χ0) is 23.3. The molecule has 1 amide bonds. The van der Waals surface area contributed by atoms with Crippen LogP contribution in [-0.4, -0.2) is 47.3 Å². The van der Waals surface area contributed by atoms with Crippen molar-refractivity contribution in [3.8, 4) is 0 Å². The Labute approximate surface area is 201 Å².